The van der Waals surface area contributed by atoms with Crippen molar-refractivity contribution in [2.45, 2.75) is 42.1 Å². The van der Waals surface area contributed by atoms with E-state index in [4.69, 9.17) is 4.74 Å². The second-order valence-corrected chi connectivity index (χ2v) is 7.81. The first kappa shape index (κ1) is 18.1. The summed E-state index contributed by atoms with van der Waals surface area (Å²) in [5, 5.41) is 2.96. The number of nitrogens with one attached hydrogen (secondary N) is 1. The Morgan fingerprint density at radius 2 is 2.11 bits per heavy atom. The van der Waals surface area contributed by atoms with E-state index >= 15 is 0 Å². The molecule has 0 bridgehead atoms. The number of benzene rings is 2. The van der Waals surface area contributed by atoms with Crippen LogP contribution in [0.1, 0.15) is 36.5 Å². The van der Waals surface area contributed by atoms with Gasteiger partial charge in [-0.25, -0.2) is 0 Å². The molecule has 2 aliphatic rings. The van der Waals surface area contributed by atoms with E-state index < -0.39 is 0 Å². The van der Waals surface area contributed by atoms with Crippen LogP contribution in [0.15, 0.2) is 52.3 Å². The predicted octanol–water partition coefficient (Wildman–Crippen LogP) is 4.33. The van der Waals surface area contributed by atoms with Gasteiger partial charge in [0.1, 0.15) is 6.10 Å². The number of amides is 2. The molecule has 1 fully saturated rings. The summed E-state index contributed by atoms with van der Waals surface area (Å²) in [4.78, 5) is 29.1. The minimum absolute atomic E-state index is 0.0230. The normalized spacial score (nSPS) is 18.6. The Hall–Kier alpha value is -2.31. The van der Waals surface area contributed by atoms with Gasteiger partial charge in [0.05, 0.1) is 11.3 Å². The highest BCUT2D eigenvalue weighted by molar-refractivity contribution is 7.99. The van der Waals surface area contributed by atoms with Crippen LogP contribution in [0.2, 0.25) is 0 Å². The third kappa shape index (κ3) is 3.59. The van der Waals surface area contributed by atoms with Gasteiger partial charge >= 0.3 is 0 Å². The van der Waals surface area contributed by atoms with Gasteiger partial charge in [0, 0.05) is 28.6 Å². The number of hydrogen-bond donors (Lipinski definition) is 1. The molecule has 5 nitrogen and oxygen atoms in total. The molecule has 2 aromatic rings. The molecule has 0 saturated carbocycles. The van der Waals surface area contributed by atoms with E-state index in [0.717, 1.165) is 46.0 Å². The van der Waals surface area contributed by atoms with E-state index in [2.05, 4.69) is 12.2 Å². The molecule has 2 amide bonds. The number of rotatable bonds is 4. The van der Waals surface area contributed by atoms with Crippen molar-refractivity contribution in [3.05, 3.63) is 48.0 Å². The number of fused-ring (bicyclic) bond motifs is 2. The molecule has 1 N–H and O–H groups in total. The molecule has 2 aliphatic heterocycles. The smallest absolute Gasteiger partial charge is 0.259 e. The van der Waals surface area contributed by atoms with E-state index in [-0.39, 0.29) is 17.9 Å². The van der Waals surface area contributed by atoms with E-state index in [1.54, 1.807) is 11.8 Å². The Balaban J connectivity index is 1.68. The van der Waals surface area contributed by atoms with Gasteiger partial charge in [-0.15, -0.1) is 0 Å². The maximum atomic E-state index is 13.1. The van der Waals surface area contributed by atoms with Crippen LogP contribution in [0.25, 0.3) is 0 Å². The number of carbonyl (C=O) groups excluding carboxylic acids is 2. The lowest BCUT2D eigenvalue weighted by molar-refractivity contribution is -0.124. The largest absolute Gasteiger partial charge is 0.368 e. The Morgan fingerprint density at radius 3 is 2.89 bits per heavy atom. The van der Waals surface area contributed by atoms with Gasteiger partial charge in [-0.2, -0.15) is 0 Å². The number of ether oxygens (including phenoxy) is 1. The fourth-order valence-electron chi connectivity index (χ4n) is 3.45. The van der Waals surface area contributed by atoms with Crippen LogP contribution in [0.5, 0.6) is 0 Å². The van der Waals surface area contributed by atoms with Gasteiger partial charge in [-0.1, -0.05) is 30.8 Å². The average molecular weight is 382 g/mol. The number of carbonyl (C=O) groups is 2. The summed E-state index contributed by atoms with van der Waals surface area (Å²) in [5.41, 5.74) is 2.33. The molecular weight excluding hydrogens is 360 g/mol. The van der Waals surface area contributed by atoms with Crippen LogP contribution in [0, 0.1) is 0 Å². The first-order valence-electron chi connectivity index (χ1n) is 9.32. The second kappa shape index (κ2) is 7.74. The zero-order valence-corrected chi connectivity index (χ0v) is 16.1. The number of hydrogen-bond acceptors (Lipinski definition) is 4. The molecule has 0 unspecified atom stereocenters. The van der Waals surface area contributed by atoms with E-state index in [1.165, 1.54) is 0 Å². The lowest BCUT2D eigenvalue weighted by Crippen LogP contribution is -2.31. The van der Waals surface area contributed by atoms with Gasteiger partial charge in [-0.05, 0) is 49.6 Å². The van der Waals surface area contributed by atoms with Crippen LogP contribution in [-0.2, 0) is 9.53 Å². The lowest BCUT2D eigenvalue weighted by atomic mass is 10.1. The number of anilines is 2. The summed E-state index contributed by atoms with van der Waals surface area (Å²) in [7, 11) is 0. The summed E-state index contributed by atoms with van der Waals surface area (Å²) in [5.74, 6) is -0.0807. The molecule has 0 aromatic heterocycles. The minimum Gasteiger partial charge on any atom is -0.368 e. The van der Waals surface area contributed by atoms with Crippen LogP contribution < -0.4 is 10.2 Å². The summed E-state index contributed by atoms with van der Waals surface area (Å²) < 4.78 is 5.46. The molecule has 1 saturated heterocycles. The standard InChI is InChI=1S/C21H22N2O3S/c1-2-11-23-16-10-9-14(22-20(24)17-7-5-12-26-17)13-19(16)27-18-8-4-3-6-15(18)21(23)25/h3-4,6,8-10,13,17H,2,5,7,11-12H2,1H3,(H,22,24)/t17-/m0/s1. The van der Waals surface area contributed by atoms with Crippen molar-refractivity contribution in [3.8, 4) is 0 Å². The minimum atomic E-state index is -0.365. The highest BCUT2D eigenvalue weighted by Gasteiger charge is 2.28. The monoisotopic (exact) mass is 382 g/mol. The summed E-state index contributed by atoms with van der Waals surface area (Å²) in [6.07, 6.45) is 2.19. The van der Waals surface area contributed by atoms with Crippen molar-refractivity contribution < 1.29 is 14.3 Å². The first-order chi connectivity index (χ1) is 13.2. The molecule has 1 atom stereocenters. The molecule has 27 heavy (non-hydrogen) atoms. The molecule has 4 rings (SSSR count). The highest BCUT2D eigenvalue weighted by atomic mass is 32.2. The maximum Gasteiger partial charge on any atom is 0.259 e. The van der Waals surface area contributed by atoms with Crippen molar-refractivity contribution in [3.63, 3.8) is 0 Å². The quantitative estimate of drug-likeness (QED) is 0.855. The van der Waals surface area contributed by atoms with Gasteiger partial charge in [-0.3, -0.25) is 9.59 Å². The molecule has 0 spiro atoms. The van der Waals surface area contributed by atoms with Crippen molar-refractivity contribution in [2.24, 2.45) is 0 Å². The van der Waals surface area contributed by atoms with Gasteiger partial charge < -0.3 is 15.0 Å². The summed E-state index contributed by atoms with van der Waals surface area (Å²) in [6, 6.07) is 13.4. The van der Waals surface area contributed by atoms with Crippen molar-refractivity contribution in [1.29, 1.82) is 0 Å². The predicted molar refractivity (Wildman–Crippen MR) is 107 cm³/mol. The average Bonchev–Trinajstić information content (AvgIpc) is 3.18. The van der Waals surface area contributed by atoms with Crippen molar-refractivity contribution >= 4 is 35.0 Å². The molecule has 2 aromatic carbocycles. The fourth-order valence-corrected chi connectivity index (χ4v) is 4.57. The summed E-state index contributed by atoms with van der Waals surface area (Å²) in [6.45, 7) is 3.36. The van der Waals surface area contributed by atoms with Crippen LogP contribution in [0.3, 0.4) is 0 Å². The molecule has 0 radical (unpaired) electrons. The molecule has 0 aliphatic carbocycles. The van der Waals surface area contributed by atoms with Crippen molar-refractivity contribution in [2.75, 3.05) is 23.4 Å². The van der Waals surface area contributed by atoms with Gasteiger partial charge in [0.25, 0.3) is 11.8 Å². The topological polar surface area (TPSA) is 58.6 Å². The fraction of sp³-hybridized carbons (Fsp3) is 0.333. The molecule has 6 heteroatoms. The molecule has 2 heterocycles. The molecule has 140 valence electrons. The first-order valence-corrected chi connectivity index (χ1v) is 10.1. The van der Waals surface area contributed by atoms with Crippen LogP contribution in [-0.4, -0.2) is 31.1 Å². The Morgan fingerprint density at radius 1 is 1.26 bits per heavy atom. The maximum absolute atomic E-state index is 13.1. The van der Waals surface area contributed by atoms with E-state index in [0.29, 0.717) is 13.2 Å². The van der Waals surface area contributed by atoms with E-state index in [9.17, 15) is 9.59 Å². The highest BCUT2D eigenvalue weighted by Crippen LogP contribution is 2.42. The summed E-state index contributed by atoms with van der Waals surface area (Å²) >= 11 is 1.57. The Kier molecular flexibility index (Phi) is 5.18. The van der Waals surface area contributed by atoms with Gasteiger partial charge in [0.15, 0.2) is 0 Å². The van der Waals surface area contributed by atoms with E-state index in [1.807, 2.05) is 47.4 Å². The third-order valence-electron chi connectivity index (χ3n) is 4.77. The van der Waals surface area contributed by atoms with Crippen LogP contribution >= 0.6 is 11.8 Å². The number of nitrogens with zero attached hydrogens (tertiary/aromatic N) is 1. The zero-order valence-electron chi connectivity index (χ0n) is 15.2. The second-order valence-electron chi connectivity index (χ2n) is 6.73. The SMILES string of the molecule is CCCN1C(=O)c2ccccc2Sc2cc(NC(=O)[C@@H]3CCCO3)ccc21. The lowest BCUT2D eigenvalue weighted by Gasteiger charge is -2.23. The van der Waals surface area contributed by atoms with Gasteiger partial charge in [0.2, 0.25) is 0 Å². The Bertz CT molecular complexity index is 877. The van der Waals surface area contributed by atoms with Crippen molar-refractivity contribution in [1.82, 2.24) is 0 Å². The zero-order chi connectivity index (χ0) is 18.8. The Labute approximate surface area is 163 Å². The molecular formula is C21H22N2O3S. The van der Waals surface area contributed by atoms with Crippen LogP contribution in [0.4, 0.5) is 11.4 Å². The third-order valence-corrected chi connectivity index (χ3v) is 5.89.